The van der Waals surface area contributed by atoms with E-state index in [-0.39, 0.29) is 35.8 Å². The summed E-state index contributed by atoms with van der Waals surface area (Å²) in [6.45, 7) is 4.21. The first kappa shape index (κ1) is 21.6. The minimum atomic E-state index is -3.74. The van der Waals surface area contributed by atoms with E-state index < -0.39 is 15.9 Å². The zero-order valence-electron chi connectivity index (χ0n) is 16.4. The lowest BCUT2D eigenvalue weighted by molar-refractivity contribution is -0.0440. The summed E-state index contributed by atoms with van der Waals surface area (Å²) in [4.78, 5) is 12.7. The summed E-state index contributed by atoms with van der Waals surface area (Å²) in [5.41, 5.74) is 0.706. The van der Waals surface area contributed by atoms with Crippen LogP contribution >= 0.6 is 11.6 Å². The third kappa shape index (κ3) is 4.90. The van der Waals surface area contributed by atoms with E-state index in [0.29, 0.717) is 16.5 Å². The summed E-state index contributed by atoms with van der Waals surface area (Å²) < 4.78 is 38.2. The number of amides is 1. The molecule has 2 aromatic carbocycles. The molecule has 0 saturated carbocycles. The molecule has 0 bridgehead atoms. The minimum absolute atomic E-state index is 0.0687. The number of sulfonamides is 1. The molecular weight excluding hydrogens is 416 g/mol. The van der Waals surface area contributed by atoms with E-state index in [1.807, 2.05) is 13.8 Å². The molecule has 0 aliphatic carbocycles. The second-order valence-corrected chi connectivity index (χ2v) is 9.26. The van der Waals surface area contributed by atoms with Crippen LogP contribution in [0.4, 0.5) is 5.69 Å². The van der Waals surface area contributed by atoms with E-state index in [1.165, 1.54) is 23.5 Å². The van der Waals surface area contributed by atoms with Crippen LogP contribution in [-0.4, -0.2) is 51.0 Å². The number of benzene rings is 2. The van der Waals surface area contributed by atoms with Gasteiger partial charge in [0, 0.05) is 24.3 Å². The highest BCUT2D eigenvalue weighted by Gasteiger charge is 2.32. The van der Waals surface area contributed by atoms with E-state index in [9.17, 15) is 13.2 Å². The Morgan fingerprint density at radius 1 is 1.17 bits per heavy atom. The van der Waals surface area contributed by atoms with Gasteiger partial charge < -0.3 is 14.8 Å². The van der Waals surface area contributed by atoms with Crippen LogP contribution in [0.1, 0.15) is 24.2 Å². The van der Waals surface area contributed by atoms with Gasteiger partial charge in [0.2, 0.25) is 10.0 Å². The third-order valence-corrected chi connectivity index (χ3v) is 6.65. The second-order valence-electron chi connectivity index (χ2n) is 6.91. The number of rotatable bonds is 5. The van der Waals surface area contributed by atoms with Crippen molar-refractivity contribution in [1.29, 1.82) is 0 Å². The number of ether oxygens (including phenoxy) is 2. The third-order valence-electron chi connectivity index (χ3n) is 4.53. The smallest absolute Gasteiger partial charge is 0.255 e. The average molecular weight is 439 g/mol. The molecule has 1 aliphatic heterocycles. The summed E-state index contributed by atoms with van der Waals surface area (Å²) in [7, 11) is -2.24. The first-order valence-corrected chi connectivity index (χ1v) is 10.9. The molecule has 2 aromatic rings. The van der Waals surface area contributed by atoms with Gasteiger partial charge in [-0.25, -0.2) is 8.42 Å². The fraction of sp³-hybridized carbons (Fsp3) is 0.350. The van der Waals surface area contributed by atoms with Crippen molar-refractivity contribution in [1.82, 2.24) is 4.31 Å². The second kappa shape index (κ2) is 8.71. The first-order chi connectivity index (χ1) is 13.7. The molecular formula is C20H23ClN2O5S. The number of nitrogens with zero attached hydrogens (tertiary/aromatic N) is 1. The topological polar surface area (TPSA) is 84.9 Å². The van der Waals surface area contributed by atoms with Crippen molar-refractivity contribution in [2.24, 2.45) is 0 Å². The average Bonchev–Trinajstić information content (AvgIpc) is 2.67. The van der Waals surface area contributed by atoms with Gasteiger partial charge in [-0.15, -0.1) is 0 Å². The molecule has 9 heteroatoms. The van der Waals surface area contributed by atoms with Crippen molar-refractivity contribution in [3.63, 3.8) is 0 Å². The van der Waals surface area contributed by atoms with Crippen LogP contribution < -0.4 is 10.1 Å². The van der Waals surface area contributed by atoms with Crippen LogP contribution in [-0.2, 0) is 14.8 Å². The Bertz CT molecular complexity index is 1000. The van der Waals surface area contributed by atoms with E-state index in [2.05, 4.69) is 5.32 Å². The summed E-state index contributed by atoms with van der Waals surface area (Å²) in [6, 6.07) is 10.8. The maximum Gasteiger partial charge on any atom is 0.255 e. The van der Waals surface area contributed by atoms with Crippen LogP contribution in [0.25, 0.3) is 0 Å². The maximum absolute atomic E-state index is 13.0. The fourth-order valence-corrected chi connectivity index (χ4v) is 5.12. The first-order valence-electron chi connectivity index (χ1n) is 9.11. The molecule has 1 amide bonds. The number of hydrogen-bond donors (Lipinski definition) is 1. The number of carbonyl (C=O) groups is 1. The van der Waals surface area contributed by atoms with Gasteiger partial charge in [-0.3, -0.25) is 4.79 Å². The number of carbonyl (C=O) groups excluding carboxylic acids is 1. The Morgan fingerprint density at radius 3 is 2.48 bits per heavy atom. The van der Waals surface area contributed by atoms with Gasteiger partial charge in [-0.1, -0.05) is 17.7 Å². The summed E-state index contributed by atoms with van der Waals surface area (Å²) in [5, 5.41) is 3.07. The lowest BCUT2D eigenvalue weighted by atomic mass is 10.2. The number of morpholine rings is 1. The number of nitrogens with one attached hydrogen (secondary N) is 1. The van der Waals surface area contributed by atoms with Gasteiger partial charge >= 0.3 is 0 Å². The van der Waals surface area contributed by atoms with Crippen molar-refractivity contribution in [3.8, 4) is 5.75 Å². The van der Waals surface area contributed by atoms with Crippen LogP contribution in [0.15, 0.2) is 47.4 Å². The summed E-state index contributed by atoms with van der Waals surface area (Å²) >= 11 is 6.08. The van der Waals surface area contributed by atoms with Crippen LogP contribution in [0, 0.1) is 0 Å². The molecule has 1 heterocycles. The molecule has 0 unspecified atom stereocenters. The lowest BCUT2D eigenvalue weighted by Crippen LogP contribution is -2.48. The Kier molecular flexibility index (Phi) is 6.48. The number of hydrogen-bond acceptors (Lipinski definition) is 5. The van der Waals surface area contributed by atoms with Gasteiger partial charge in [0.1, 0.15) is 5.75 Å². The largest absolute Gasteiger partial charge is 0.495 e. The zero-order valence-corrected chi connectivity index (χ0v) is 18.0. The van der Waals surface area contributed by atoms with Gasteiger partial charge in [-0.2, -0.15) is 4.31 Å². The molecule has 1 N–H and O–H groups in total. The highest BCUT2D eigenvalue weighted by Crippen LogP contribution is 2.28. The van der Waals surface area contributed by atoms with Gasteiger partial charge in [0.15, 0.2) is 0 Å². The van der Waals surface area contributed by atoms with Crippen LogP contribution in [0.5, 0.6) is 5.75 Å². The van der Waals surface area contributed by atoms with E-state index >= 15 is 0 Å². The Balaban J connectivity index is 1.81. The quantitative estimate of drug-likeness (QED) is 0.773. The predicted octanol–water partition coefficient (Wildman–Crippen LogP) is 3.40. The highest BCUT2D eigenvalue weighted by molar-refractivity contribution is 7.89. The SMILES string of the molecule is COc1ccc(NC(=O)c2cccc(S(=O)(=O)N3C[C@@H](C)O[C@@H](C)C3)c2)cc1Cl. The Morgan fingerprint density at radius 2 is 1.86 bits per heavy atom. The lowest BCUT2D eigenvalue weighted by Gasteiger charge is -2.34. The minimum Gasteiger partial charge on any atom is -0.495 e. The molecule has 1 saturated heterocycles. The highest BCUT2D eigenvalue weighted by atomic mass is 35.5. The molecule has 1 fully saturated rings. The molecule has 1 aliphatic rings. The van der Waals surface area contributed by atoms with Gasteiger partial charge in [-0.05, 0) is 50.2 Å². The summed E-state index contributed by atoms with van der Waals surface area (Å²) in [5.74, 6) is 0.0544. The molecule has 7 nitrogen and oxygen atoms in total. The van der Waals surface area contributed by atoms with E-state index in [0.717, 1.165) is 0 Å². The standard InChI is InChI=1S/C20H23ClN2O5S/c1-13-11-23(12-14(2)28-13)29(25,26)17-6-4-5-15(9-17)20(24)22-16-7-8-19(27-3)18(21)10-16/h4-10,13-14H,11-12H2,1-3H3,(H,22,24)/t13-,14+. The van der Waals surface area contributed by atoms with Gasteiger partial charge in [0.05, 0.1) is 29.2 Å². The van der Waals surface area contributed by atoms with Crippen molar-refractivity contribution in [2.75, 3.05) is 25.5 Å². The molecule has 0 radical (unpaired) electrons. The molecule has 0 aromatic heterocycles. The van der Waals surface area contributed by atoms with Crippen molar-refractivity contribution in [3.05, 3.63) is 53.1 Å². The Labute approximate surface area is 175 Å². The monoisotopic (exact) mass is 438 g/mol. The van der Waals surface area contributed by atoms with Crippen molar-refractivity contribution < 1.29 is 22.7 Å². The molecule has 3 rings (SSSR count). The maximum atomic E-state index is 13.0. The molecule has 29 heavy (non-hydrogen) atoms. The van der Waals surface area contributed by atoms with Gasteiger partial charge in [0.25, 0.3) is 5.91 Å². The number of halogens is 1. The fourth-order valence-electron chi connectivity index (χ4n) is 3.22. The van der Waals surface area contributed by atoms with Crippen molar-refractivity contribution >= 4 is 33.2 Å². The number of methoxy groups -OCH3 is 1. The zero-order chi connectivity index (χ0) is 21.2. The Hall–Kier alpha value is -2.13. The van der Waals surface area contributed by atoms with E-state index in [1.54, 1.807) is 30.3 Å². The predicted molar refractivity (Wildman–Crippen MR) is 111 cm³/mol. The van der Waals surface area contributed by atoms with Crippen LogP contribution in [0.2, 0.25) is 5.02 Å². The van der Waals surface area contributed by atoms with E-state index in [4.69, 9.17) is 21.1 Å². The van der Waals surface area contributed by atoms with Crippen LogP contribution in [0.3, 0.4) is 0 Å². The molecule has 156 valence electrons. The molecule has 0 spiro atoms. The molecule has 2 atom stereocenters. The van der Waals surface area contributed by atoms with Crippen molar-refractivity contribution in [2.45, 2.75) is 31.0 Å². The number of anilines is 1. The normalized spacial score (nSPS) is 20.3. The summed E-state index contributed by atoms with van der Waals surface area (Å²) in [6.07, 6.45) is -0.389.